The van der Waals surface area contributed by atoms with Gasteiger partial charge in [-0.15, -0.1) is 0 Å². The molecule has 0 bridgehead atoms. The Morgan fingerprint density at radius 2 is 1.75 bits per heavy atom. The fourth-order valence-electron chi connectivity index (χ4n) is 2.26. The minimum Gasteiger partial charge on any atom is -0.507 e. The summed E-state index contributed by atoms with van der Waals surface area (Å²) in [7, 11) is 0. The van der Waals surface area contributed by atoms with Crippen LogP contribution in [0.5, 0.6) is 5.75 Å². The van der Waals surface area contributed by atoms with E-state index in [1.54, 1.807) is 4.90 Å². The van der Waals surface area contributed by atoms with Gasteiger partial charge in [-0.05, 0) is 31.0 Å². The first-order chi connectivity index (χ1) is 9.58. The standard InChI is InChI=1S/C14H18N2O4/c17-12-6-5-10(9-11(12)13(18)19)15-14(20)16-7-3-1-2-4-8-16/h5-6,9,17H,1-4,7-8H2,(H,15,20)(H,18,19). The van der Waals surface area contributed by atoms with Crippen LogP contribution in [0.3, 0.4) is 0 Å². The van der Waals surface area contributed by atoms with E-state index in [4.69, 9.17) is 5.11 Å². The lowest BCUT2D eigenvalue weighted by Crippen LogP contribution is -2.35. The van der Waals surface area contributed by atoms with Gasteiger partial charge in [-0.1, -0.05) is 12.8 Å². The molecule has 3 N–H and O–H groups in total. The van der Waals surface area contributed by atoms with Crippen LogP contribution in [-0.4, -0.2) is 40.2 Å². The zero-order valence-electron chi connectivity index (χ0n) is 11.1. The van der Waals surface area contributed by atoms with E-state index in [0.29, 0.717) is 5.69 Å². The zero-order chi connectivity index (χ0) is 14.5. The molecule has 0 spiro atoms. The second-order valence-electron chi connectivity index (χ2n) is 4.87. The first-order valence-electron chi connectivity index (χ1n) is 6.70. The lowest BCUT2D eigenvalue weighted by molar-refractivity contribution is 0.0693. The van der Waals surface area contributed by atoms with Crippen molar-refractivity contribution in [3.63, 3.8) is 0 Å². The summed E-state index contributed by atoms with van der Waals surface area (Å²) in [6, 6.07) is 3.78. The predicted molar refractivity (Wildman–Crippen MR) is 74.1 cm³/mol. The van der Waals surface area contributed by atoms with Crippen LogP contribution in [0, 0.1) is 0 Å². The van der Waals surface area contributed by atoms with Crippen molar-refractivity contribution in [3.05, 3.63) is 23.8 Å². The van der Waals surface area contributed by atoms with Gasteiger partial charge in [-0.3, -0.25) is 0 Å². The van der Waals surface area contributed by atoms with Gasteiger partial charge < -0.3 is 20.4 Å². The fraction of sp³-hybridized carbons (Fsp3) is 0.429. The average molecular weight is 278 g/mol. The predicted octanol–water partition coefficient (Wildman–Crippen LogP) is 2.50. The Labute approximate surface area is 117 Å². The minimum absolute atomic E-state index is 0.223. The number of nitrogens with zero attached hydrogens (tertiary/aromatic N) is 1. The number of benzene rings is 1. The highest BCUT2D eigenvalue weighted by Crippen LogP contribution is 2.22. The normalized spacial score (nSPS) is 15.5. The van der Waals surface area contributed by atoms with Crippen molar-refractivity contribution >= 4 is 17.7 Å². The molecule has 1 aliphatic heterocycles. The molecule has 1 aromatic rings. The van der Waals surface area contributed by atoms with Crippen molar-refractivity contribution < 1.29 is 19.8 Å². The molecule has 1 heterocycles. The fourth-order valence-corrected chi connectivity index (χ4v) is 2.26. The Balaban J connectivity index is 2.07. The Morgan fingerprint density at radius 3 is 2.35 bits per heavy atom. The van der Waals surface area contributed by atoms with Crippen molar-refractivity contribution in [2.75, 3.05) is 18.4 Å². The van der Waals surface area contributed by atoms with E-state index in [2.05, 4.69) is 5.32 Å². The number of urea groups is 1. The largest absolute Gasteiger partial charge is 0.507 e. The molecule has 6 nitrogen and oxygen atoms in total. The molecule has 1 fully saturated rings. The quantitative estimate of drug-likeness (QED) is 0.725. The maximum Gasteiger partial charge on any atom is 0.339 e. The van der Waals surface area contributed by atoms with Gasteiger partial charge >= 0.3 is 12.0 Å². The SMILES string of the molecule is O=C(O)c1cc(NC(=O)N2CCCCCC2)ccc1O. The second kappa shape index (κ2) is 6.27. The molecule has 108 valence electrons. The molecule has 20 heavy (non-hydrogen) atoms. The number of nitrogens with one attached hydrogen (secondary N) is 1. The number of aromatic hydroxyl groups is 1. The minimum atomic E-state index is -1.23. The molecule has 0 radical (unpaired) electrons. The van der Waals surface area contributed by atoms with Crippen LogP contribution >= 0.6 is 0 Å². The third-order valence-electron chi connectivity index (χ3n) is 3.37. The average Bonchev–Trinajstić information content (AvgIpc) is 2.69. The van der Waals surface area contributed by atoms with Gasteiger partial charge in [0, 0.05) is 18.8 Å². The van der Waals surface area contributed by atoms with E-state index >= 15 is 0 Å². The smallest absolute Gasteiger partial charge is 0.339 e. The summed E-state index contributed by atoms with van der Waals surface area (Å²) in [6.07, 6.45) is 4.24. The number of rotatable bonds is 2. The molecule has 1 saturated heterocycles. The highest BCUT2D eigenvalue weighted by Gasteiger charge is 2.17. The van der Waals surface area contributed by atoms with E-state index in [1.807, 2.05) is 0 Å². The Bertz CT molecular complexity index is 508. The molecule has 6 heteroatoms. The number of carbonyl (C=O) groups is 2. The molecule has 0 saturated carbocycles. The Morgan fingerprint density at radius 1 is 1.10 bits per heavy atom. The summed E-state index contributed by atoms with van der Waals surface area (Å²) in [4.78, 5) is 24.8. The maximum atomic E-state index is 12.1. The van der Waals surface area contributed by atoms with Gasteiger partial charge in [-0.25, -0.2) is 9.59 Å². The summed E-state index contributed by atoms with van der Waals surface area (Å²) in [6.45, 7) is 1.44. The third kappa shape index (κ3) is 3.40. The second-order valence-corrected chi connectivity index (χ2v) is 4.87. The van der Waals surface area contributed by atoms with E-state index in [1.165, 1.54) is 18.2 Å². The van der Waals surface area contributed by atoms with Gasteiger partial charge in [0.25, 0.3) is 0 Å². The molecule has 1 aromatic carbocycles. The monoisotopic (exact) mass is 278 g/mol. The third-order valence-corrected chi connectivity index (χ3v) is 3.37. The van der Waals surface area contributed by atoms with Crippen LogP contribution in [0.4, 0.5) is 10.5 Å². The number of anilines is 1. The molecular weight excluding hydrogens is 260 g/mol. The molecule has 0 atom stereocenters. The summed E-state index contributed by atoms with van der Waals surface area (Å²) in [5.74, 6) is -1.54. The number of hydrogen-bond donors (Lipinski definition) is 3. The van der Waals surface area contributed by atoms with Crippen molar-refractivity contribution in [3.8, 4) is 5.75 Å². The van der Waals surface area contributed by atoms with Gasteiger partial charge in [0.2, 0.25) is 0 Å². The van der Waals surface area contributed by atoms with E-state index in [-0.39, 0.29) is 17.3 Å². The van der Waals surface area contributed by atoms with Crippen LogP contribution in [0.15, 0.2) is 18.2 Å². The molecule has 1 aliphatic rings. The first kappa shape index (κ1) is 14.2. The van der Waals surface area contributed by atoms with Gasteiger partial charge in [0.15, 0.2) is 0 Å². The van der Waals surface area contributed by atoms with Crippen LogP contribution in [0.2, 0.25) is 0 Å². The molecule has 2 amide bonds. The number of carbonyl (C=O) groups excluding carboxylic acids is 1. The van der Waals surface area contributed by atoms with Gasteiger partial charge in [0.05, 0.1) is 0 Å². The first-order valence-corrected chi connectivity index (χ1v) is 6.70. The van der Waals surface area contributed by atoms with E-state index in [9.17, 15) is 14.7 Å². The van der Waals surface area contributed by atoms with Crippen molar-refractivity contribution in [2.24, 2.45) is 0 Å². The van der Waals surface area contributed by atoms with E-state index < -0.39 is 5.97 Å². The summed E-state index contributed by atoms with van der Waals surface area (Å²) in [5, 5.41) is 21.0. The number of hydrogen-bond acceptors (Lipinski definition) is 3. The van der Waals surface area contributed by atoms with Crippen LogP contribution in [0.25, 0.3) is 0 Å². The summed E-state index contributed by atoms with van der Waals surface area (Å²) >= 11 is 0. The highest BCUT2D eigenvalue weighted by atomic mass is 16.4. The van der Waals surface area contributed by atoms with Crippen molar-refractivity contribution in [1.82, 2.24) is 4.90 Å². The Hall–Kier alpha value is -2.24. The molecule has 0 unspecified atom stereocenters. The number of likely N-dealkylation sites (tertiary alicyclic amines) is 1. The molecule has 0 aromatic heterocycles. The molecule has 0 aliphatic carbocycles. The number of aromatic carboxylic acids is 1. The molecular formula is C14H18N2O4. The van der Waals surface area contributed by atoms with Crippen LogP contribution < -0.4 is 5.32 Å². The highest BCUT2D eigenvalue weighted by molar-refractivity contribution is 5.95. The molecule has 2 rings (SSSR count). The lowest BCUT2D eigenvalue weighted by atomic mass is 10.2. The van der Waals surface area contributed by atoms with Gasteiger partial charge in [0.1, 0.15) is 11.3 Å². The number of amides is 2. The number of carboxylic acid groups (broad SMARTS) is 1. The number of carboxylic acids is 1. The lowest BCUT2D eigenvalue weighted by Gasteiger charge is -2.20. The van der Waals surface area contributed by atoms with Crippen molar-refractivity contribution in [2.45, 2.75) is 25.7 Å². The maximum absolute atomic E-state index is 12.1. The van der Waals surface area contributed by atoms with Crippen LogP contribution in [-0.2, 0) is 0 Å². The zero-order valence-corrected chi connectivity index (χ0v) is 11.1. The van der Waals surface area contributed by atoms with Crippen molar-refractivity contribution in [1.29, 1.82) is 0 Å². The summed E-state index contributed by atoms with van der Waals surface area (Å²) < 4.78 is 0. The van der Waals surface area contributed by atoms with E-state index in [0.717, 1.165) is 38.8 Å². The van der Waals surface area contributed by atoms with Crippen LogP contribution in [0.1, 0.15) is 36.0 Å². The van der Waals surface area contributed by atoms with Gasteiger partial charge in [-0.2, -0.15) is 0 Å². The Kier molecular flexibility index (Phi) is 4.45. The summed E-state index contributed by atoms with van der Waals surface area (Å²) in [5.41, 5.74) is 0.146. The number of phenols is 1. The topological polar surface area (TPSA) is 89.9 Å².